The van der Waals surface area contributed by atoms with E-state index in [1.54, 1.807) is 24.3 Å². The van der Waals surface area contributed by atoms with E-state index < -0.39 is 24.6 Å². The second-order valence-electron chi connectivity index (χ2n) is 3.66. The molecule has 0 radical (unpaired) electrons. The summed E-state index contributed by atoms with van der Waals surface area (Å²) in [6.45, 7) is 0.962. The number of aliphatic hydroxyl groups is 1. The molecule has 0 aliphatic heterocycles. The van der Waals surface area contributed by atoms with E-state index in [4.69, 9.17) is 14.9 Å². The molecule has 0 saturated heterocycles. The van der Waals surface area contributed by atoms with Crippen LogP contribution in [-0.4, -0.2) is 34.8 Å². The molecular formula is C12H15NO5. The summed E-state index contributed by atoms with van der Waals surface area (Å²) >= 11 is 0. The lowest BCUT2D eigenvalue weighted by molar-refractivity contribution is -0.140. The van der Waals surface area contributed by atoms with Crippen molar-refractivity contribution in [2.75, 3.05) is 6.61 Å². The average Bonchev–Trinajstić information content (AvgIpc) is 2.30. The van der Waals surface area contributed by atoms with Gasteiger partial charge in [0.25, 0.3) is 0 Å². The topological polar surface area (TPSA) is 95.9 Å². The number of carboxylic acid groups (broad SMARTS) is 1. The van der Waals surface area contributed by atoms with Crippen molar-refractivity contribution in [3.63, 3.8) is 0 Å². The highest BCUT2D eigenvalue weighted by Crippen LogP contribution is 2.17. The monoisotopic (exact) mass is 253 g/mol. The normalized spacial score (nSPS) is 11.9. The van der Waals surface area contributed by atoms with E-state index in [-0.39, 0.29) is 6.54 Å². The highest BCUT2D eigenvalue weighted by atomic mass is 16.5. The molecule has 3 N–H and O–H groups in total. The number of carbonyl (C=O) groups excluding carboxylic acids is 1. The summed E-state index contributed by atoms with van der Waals surface area (Å²) < 4.78 is 4.98. The molecule has 0 heterocycles. The molecular weight excluding hydrogens is 238 g/mol. The van der Waals surface area contributed by atoms with Gasteiger partial charge in [-0.25, -0.2) is 0 Å². The molecule has 6 heteroatoms. The fourth-order valence-electron chi connectivity index (χ4n) is 1.37. The van der Waals surface area contributed by atoms with Crippen LogP contribution in [0.5, 0.6) is 5.75 Å². The van der Waals surface area contributed by atoms with Gasteiger partial charge in [-0.15, -0.1) is 0 Å². The molecule has 0 fully saturated rings. The number of carbonyl (C=O) groups is 2. The van der Waals surface area contributed by atoms with E-state index in [1.807, 2.05) is 0 Å². The Balaban J connectivity index is 2.71. The Hall–Kier alpha value is -1.92. The van der Waals surface area contributed by atoms with Crippen LogP contribution in [0.15, 0.2) is 24.3 Å². The first-order chi connectivity index (χ1) is 8.54. The van der Waals surface area contributed by atoms with Gasteiger partial charge in [-0.3, -0.25) is 14.9 Å². The van der Waals surface area contributed by atoms with Gasteiger partial charge in [-0.2, -0.15) is 0 Å². The van der Waals surface area contributed by atoms with Gasteiger partial charge in [0.1, 0.15) is 11.8 Å². The number of ether oxygens (including phenoxy) is 1. The van der Waals surface area contributed by atoms with E-state index in [9.17, 15) is 9.59 Å². The first kappa shape index (κ1) is 14.1. The van der Waals surface area contributed by atoms with Crippen molar-refractivity contribution in [1.29, 1.82) is 0 Å². The largest absolute Gasteiger partial charge is 0.480 e. The molecule has 18 heavy (non-hydrogen) atoms. The van der Waals surface area contributed by atoms with E-state index in [0.29, 0.717) is 11.3 Å². The van der Waals surface area contributed by atoms with Crippen molar-refractivity contribution in [1.82, 2.24) is 5.32 Å². The van der Waals surface area contributed by atoms with Gasteiger partial charge in [0.15, 0.2) is 0 Å². The van der Waals surface area contributed by atoms with Crippen LogP contribution in [-0.2, 0) is 16.1 Å². The molecule has 0 aromatic heterocycles. The summed E-state index contributed by atoms with van der Waals surface area (Å²) in [5.74, 6) is -1.21. The highest BCUT2D eigenvalue weighted by Gasteiger charge is 2.16. The van der Waals surface area contributed by atoms with Gasteiger partial charge >= 0.3 is 11.9 Å². The molecule has 0 spiro atoms. The van der Waals surface area contributed by atoms with Crippen LogP contribution in [0, 0.1) is 0 Å². The molecule has 1 atom stereocenters. The Morgan fingerprint density at radius 1 is 1.39 bits per heavy atom. The number of para-hydroxylation sites is 1. The van der Waals surface area contributed by atoms with Crippen LogP contribution in [0.4, 0.5) is 0 Å². The third kappa shape index (κ3) is 4.15. The Morgan fingerprint density at radius 2 is 2.06 bits per heavy atom. The molecule has 0 amide bonds. The minimum atomic E-state index is -1.14. The predicted octanol–water partition coefficient (Wildman–Crippen LogP) is 0.147. The lowest BCUT2D eigenvalue weighted by Crippen LogP contribution is -2.39. The zero-order valence-corrected chi connectivity index (χ0v) is 9.92. The zero-order chi connectivity index (χ0) is 13.5. The molecule has 1 aromatic rings. The number of hydrogen-bond acceptors (Lipinski definition) is 5. The number of rotatable bonds is 6. The maximum absolute atomic E-state index is 10.9. The zero-order valence-electron chi connectivity index (χ0n) is 9.92. The van der Waals surface area contributed by atoms with Crippen molar-refractivity contribution < 1.29 is 24.5 Å². The first-order valence-corrected chi connectivity index (χ1v) is 5.38. The van der Waals surface area contributed by atoms with Crippen molar-refractivity contribution >= 4 is 11.9 Å². The summed E-state index contributed by atoms with van der Waals surface area (Å²) in [5.41, 5.74) is 0.646. The molecule has 98 valence electrons. The van der Waals surface area contributed by atoms with Crippen LogP contribution < -0.4 is 10.1 Å². The molecule has 0 unspecified atom stereocenters. The number of aliphatic hydroxyl groups excluding tert-OH is 1. The summed E-state index contributed by atoms with van der Waals surface area (Å²) in [6, 6.07) is 5.74. The lowest BCUT2D eigenvalue weighted by atomic mass is 10.2. The number of carboxylic acids is 1. The molecule has 0 bridgehead atoms. The third-order valence-corrected chi connectivity index (χ3v) is 2.25. The minimum absolute atomic E-state index is 0.182. The van der Waals surface area contributed by atoms with Crippen molar-refractivity contribution in [3.05, 3.63) is 29.8 Å². The predicted molar refractivity (Wildman–Crippen MR) is 63.1 cm³/mol. The van der Waals surface area contributed by atoms with Crippen LogP contribution in [0.2, 0.25) is 0 Å². The minimum Gasteiger partial charge on any atom is -0.480 e. The van der Waals surface area contributed by atoms with Crippen LogP contribution in [0.3, 0.4) is 0 Å². The van der Waals surface area contributed by atoms with Crippen molar-refractivity contribution in [2.24, 2.45) is 0 Å². The number of aliphatic carboxylic acids is 1. The smallest absolute Gasteiger partial charge is 0.323 e. The highest BCUT2D eigenvalue weighted by molar-refractivity contribution is 5.73. The van der Waals surface area contributed by atoms with Gasteiger partial charge in [0, 0.05) is 19.0 Å². The number of nitrogens with one attached hydrogen (secondary N) is 1. The van der Waals surface area contributed by atoms with Gasteiger partial charge in [-0.1, -0.05) is 18.2 Å². The third-order valence-electron chi connectivity index (χ3n) is 2.25. The molecule has 0 saturated carbocycles. The molecule has 6 nitrogen and oxygen atoms in total. The van der Waals surface area contributed by atoms with Gasteiger partial charge in [-0.05, 0) is 6.07 Å². The molecule has 0 aliphatic rings. The van der Waals surface area contributed by atoms with E-state index in [2.05, 4.69) is 5.32 Å². The van der Waals surface area contributed by atoms with Crippen molar-refractivity contribution in [3.8, 4) is 5.75 Å². The number of benzene rings is 1. The standard InChI is InChI=1S/C12H15NO5/c1-8(15)18-11-5-3-2-4-9(11)6-13-10(7-14)12(16)17/h2-5,10,13-14H,6-7H2,1H3,(H,16,17)/t10-/m0/s1. The summed E-state index contributed by atoms with van der Waals surface area (Å²) in [7, 11) is 0. The van der Waals surface area contributed by atoms with E-state index in [0.717, 1.165) is 0 Å². The van der Waals surface area contributed by atoms with E-state index >= 15 is 0 Å². The lowest BCUT2D eigenvalue weighted by Gasteiger charge is -2.13. The Bertz CT molecular complexity index is 432. The van der Waals surface area contributed by atoms with Gasteiger partial charge in [0.2, 0.25) is 0 Å². The molecule has 1 rings (SSSR count). The van der Waals surface area contributed by atoms with Gasteiger partial charge < -0.3 is 14.9 Å². The number of esters is 1. The molecule has 0 aliphatic carbocycles. The maximum Gasteiger partial charge on any atom is 0.323 e. The van der Waals surface area contributed by atoms with Crippen LogP contribution in [0.25, 0.3) is 0 Å². The van der Waals surface area contributed by atoms with Crippen LogP contribution >= 0.6 is 0 Å². The Morgan fingerprint density at radius 3 is 2.61 bits per heavy atom. The molecule has 1 aromatic carbocycles. The van der Waals surface area contributed by atoms with Crippen LogP contribution in [0.1, 0.15) is 12.5 Å². The fraction of sp³-hybridized carbons (Fsp3) is 0.333. The SMILES string of the molecule is CC(=O)Oc1ccccc1CN[C@@H](CO)C(=O)O. The second-order valence-corrected chi connectivity index (χ2v) is 3.66. The first-order valence-electron chi connectivity index (χ1n) is 5.38. The summed E-state index contributed by atoms with van der Waals surface area (Å²) in [4.78, 5) is 21.6. The van der Waals surface area contributed by atoms with Crippen molar-refractivity contribution in [2.45, 2.75) is 19.5 Å². The van der Waals surface area contributed by atoms with Gasteiger partial charge in [0.05, 0.1) is 6.61 Å². The Labute approximate surface area is 104 Å². The second kappa shape index (κ2) is 6.73. The number of hydrogen-bond donors (Lipinski definition) is 3. The fourth-order valence-corrected chi connectivity index (χ4v) is 1.37. The quantitative estimate of drug-likeness (QED) is 0.493. The average molecular weight is 253 g/mol. The summed E-state index contributed by atoms with van der Waals surface area (Å²) in [6.07, 6.45) is 0. The summed E-state index contributed by atoms with van der Waals surface area (Å²) in [5, 5.41) is 20.3. The van der Waals surface area contributed by atoms with E-state index in [1.165, 1.54) is 6.92 Å². The maximum atomic E-state index is 10.9. The Kier molecular flexibility index (Phi) is 5.29.